The van der Waals surface area contributed by atoms with Crippen LogP contribution in [0.15, 0.2) is 27.1 Å². The predicted molar refractivity (Wildman–Crippen MR) is 78.3 cm³/mol. The Hall–Kier alpha value is -0.870. The van der Waals surface area contributed by atoms with Gasteiger partial charge in [-0.1, -0.05) is 30.9 Å². The Balaban J connectivity index is 1.85. The summed E-state index contributed by atoms with van der Waals surface area (Å²) in [6.45, 7) is 0. The van der Waals surface area contributed by atoms with Crippen molar-refractivity contribution in [2.75, 3.05) is 0 Å². The maximum absolute atomic E-state index is 5.98. The maximum Gasteiger partial charge on any atom is 0.247 e. The summed E-state index contributed by atoms with van der Waals surface area (Å²) in [6.07, 6.45) is 6.16. The van der Waals surface area contributed by atoms with Crippen LogP contribution < -0.4 is 0 Å². The molecule has 3 rings (SSSR count). The van der Waals surface area contributed by atoms with E-state index in [0.29, 0.717) is 16.8 Å². The lowest BCUT2D eigenvalue weighted by molar-refractivity contribution is 0.367. The number of rotatable bonds is 2. The molecule has 0 radical (unpaired) electrons. The van der Waals surface area contributed by atoms with Gasteiger partial charge < -0.3 is 4.42 Å². The molecular formula is C14H14BrClN2O. The Morgan fingerprint density at radius 2 is 1.95 bits per heavy atom. The normalized spacial score (nSPS) is 16.7. The maximum atomic E-state index is 5.98. The third-order valence-corrected chi connectivity index (χ3v) is 4.78. The van der Waals surface area contributed by atoms with Crippen LogP contribution >= 0.6 is 27.5 Å². The van der Waals surface area contributed by atoms with Gasteiger partial charge in [0.1, 0.15) is 0 Å². The molecule has 1 heterocycles. The summed E-state index contributed by atoms with van der Waals surface area (Å²) < 4.78 is 6.66. The molecule has 0 aliphatic heterocycles. The van der Waals surface area contributed by atoms with Crippen LogP contribution in [0.3, 0.4) is 0 Å². The van der Waals surface area contributed by atoms with Crippen LogP contribution in [-0.4, -0.2) is 10.2 Å². The van der Waals surface area contributed by atoms with Crippen molar-refractivity contribution in [1.29, 1.82) is 0 Å². The fraction of sp³-hybridized carbons (Fsp3) is 0.429. The van der Waals surface area contributed by atoms with Gasteiger partial charge in [-0.3, -0.25) is 0 Å². The zero-order chi connectivity index (χ0) is 13.2. The fourth-order valence-electron chi connectivity index (χ4n) is 2.49. The van der Waals surface area contributed by atoms with E-state index in [1.165, 1.54) is 19.3 Å². The molecule has 0 amide bonds. The molecule has 19 heavy (non-hydrogen) atoms. The summed E-state index contributed by atoms with van der Waals surface area (Å²) in [7, 11) is 0. The summed E-state index contributed by atoms with van der Waals surface area (Å²) >= 11 is 9.39. The largest absolute Gasteiger partial charge is 0.420 e. The first-order chi connectivity index (χ1) is 9.24. The summed E-state index contributed by atoms with van der Waals surface area (Å²) in [6, 6.07) is 5.62. The van der Waals surface area contributed by atoms with Crippen molar-refractivity contribution in [3.63, 3.8) is 0 Å². The van der Waals surface area contributed by atoms with E-state index in [0.717, 1.165) is 28.8 Å². The smallest absolute Gasteiger partial charge is 0.247 e. The van der Waals surface area contributed by atoms with Gasteiger partial charge in [0.2, 0.25) is 11.8 Å². The highest BCUT2D eigenvalue weighted by molar-refractivity contribution is 9.10. The average molecular weight is 342 g/mol. The molecule has 100 valence electrons. The van der Waals surface area contributed by atoms with E-state index in [1.807, 2.05) is 18.2 Å². The predicted octanol–water partition coefficient (Wildman–Crippen LogP) is 5.20. The van der Waals surface area contributed by atoms with Crippen LogP contribution in [0.2, 0.25) is 5.02 Å². The number of halogens is 2. The van der Waals surface area contributed by atoms with Crippen LogP contribution in [0, 0.1) is 0 Å². The third-order valence-electron chi connectivity index (χ3n) is 3.56. The molecule has 1 aliphatic rings. The molecule has 1 aliphatic carbocycles. The summed E-state index contributed by atoms with van der Waals surface area (Å²) in [5.74, 6) is 1.78. The first-order valence-electron chi connectivity index (χ1n) is 6.53. The van der Waals surface area contributed by atoms with Crippen molar-refractivity contribution in [3.8, 4) is 11.5 Å². The van der Waals surface area contributed by atoms with Crippen molar-refractivity contribution in [3.05, 3.63) is 33.6 Å². The molecule has 0 N–H and O–H groups in total. The van der Waals surface area contributed by atoms with E-state index in [-0.39, 0.29) is 0 Å². The van der Waals surface area contributed by atoms with E-state index in [9.17, 15) is 0 Å². The first kappa shape index (κ1) is 13.1. The van der Waals surface area contributed by atoms with Crippen LogP contribution in [-0.2, 0) is 0 Å². The van der Waals surface area contributed by atoms with E-state index in [1.54, 1.807) is 0 Å². The minimum atomic E-state index is 0.436. The highest BCUT2D eigenvalue weighted by Crippen LogP contribution is 2.34. The van der Waals surface area contributed by atoms with Gasteiger partial charge in [-0.2, -0.15) is 0 Å². The third kappa shape index (κ3) is 2.84. The Labute approximate surface area is 125 Å². The second kappa shape index (κ2) is 5.63. The molecule has 3 nitrogen and oxygen atoms in total. The summed E-state index contributed by atoms with van der Waals surface area (Å²) in [4.78, 5) is 0. The molecule has 0 atom stereocenters. The number of nitrogens with zero attached hydrogens (tertiary/aromatic N) is 2. The lowest BCUT2D eigenvalue weighted by atomic mass is 9.89. The van der Waals surface area contributed by atoms with Crippen LogP contribution in [0.25, 0.3) is 11.5 Å². The zero-order valence-corrected chi connectivity index (χ0v) is 12.7. The van der Waals surface area contributed by atoms with Crippen LogP contribution in [0.5, 0.6) is 0 Å². The van der Waals surface area contributed by atoms with Crippen LogP contribution in [0.1, 0.15) is 43.9 Å². The zero-order valence-electron chi connectivity index (χ0n) is 10.4. The number of hydrogen-bond donors (Lipinski definition) is 0. The van der Waals surface area contributed by atoms with Crippen molar-refractivity contribution in [2.24, 2.45) is 0 Å². The number of hydrogen-bond acceptors (Lipinski definition) is 3. The minimum Gasteiger partial charge on any atom is -0.420 e. The summed E-state index contributed by atoms with van der Waals surface area (Å²) in [5.41, 5.74) is 0.894. The molecule has 0 bridgehead atoms. The van der Waals surface area contributed by atoms with Gasteiger partial charge in [0, 0.05) is 16.0 Å². The molecule has 1 aromatic carbocycles. The van der Waals surface area contributed by atoms with Gasteiger partial charge in [-0.15, -0.1) is 10.2 Å². The second-order valence-electron chi connectivity index (χ2n) is 4.91. The molecular weight excluding hydrogens is 328 g/mol. The van der Waals surface area contributed by atoms with Crippen LogP contribution in [0.4, 0.5) is 0 Å². The number of benzene rings is 1. The van der Waals surface area contributed by atoms with E-state index >= 15 is 0 Å². The van der Waals surface area contributed by atoms with E-state index < -0.39 is 0 Å². The van der Waals surface area contributed by atoms with Crippen molar-refractivity contribution >= 4 is 27.5 Å². The fourth-order valence-corrected chi connectivity index (χ4v) is 2.99. The second-order valence-corrected chi connectivity index (χ2v) is 6.17. The molecule has 0 saturated heterocycles. The Morgan fingerprint density at radius 3 is 2.68 bits per heavy atom. The molecule has 1 saturated carbocycles. The molecule has 1 fully saturated rings. The van der Waals surface area contributed by atoms with Gasteiger partial charge >= 0.3 is 0 Å². The first-order valence-corrected chi connectivity index (χ1v) is 7.70. The Morgan fingerprint density at radius 1 is 1.16 bits per heavy atom. The van der Waals surface area contributed by atoms with E-state index in [2.05, 4.69) is 26.1 Å². The van der Waals surface area contributed by atoms with Gasteiger partial charge in [-0.05, 0) is 47.0 Å². The monoisotopic (exact) mass is 340 g/mol. The SMILES string of the molecule is Clc1ccc(-c2nnc(C3CCCCC3)o2)cc1Br. The highest BCUT2D eigenvalue weighted by Gasteiger charge is 2.21. The number of aromatic nitrogens is 2. The molecule has 1 aromatic heterocycles. The molecule has 0 unspecified atom stereocenters. The quantitative estimate of drug-likeness (QED) is 0.753. The lowest BCUT2D eigenvalue weighted by Gasteiger charge is -2.17. The summed E-state index contributed by atoms with van der Waals surface area (Å²) in [5, 5.41) is 9.03. The molecule has 5 heteroatoms. The minimum absolute atomic E-state index is 0.436. The molecule has 0 spiro atoms. The Kier molecular flexibility index (Phi) is 3.89. The van der Waals surface area contributed by atoms with E-state index in [4.69, 9.17) is 16.0 Å². The van der Waals surface area contributed by atoms with Gasteiger partial charge in [0.15, 0.2) is 0 Å². The van der Waals surface area contributed by atoms with Gasteiger partial charge in [0.05, 0.1) is 5.02 Å². The Bertz CT molecular complexity index is 579. The topological polar surface area (TPSA) is 38.9 Å². The standard InChI is InChI=1S/C14H14BrClN2O/c15-11-8-10(6-7-12(11)16)14-18-17-13(19-14)9-4-2-1-3-5-9/h6-9H,1-5H2. The molecule has 2 aromatic rings. The lowest BCUT2D eigenvalue weighted by Crippen LogP contribution is -2.04. The highest BCUT2D eigenvalue weighted by atomic mass is 79.9. The average Bonchev–Trinajstić information content (AvgIpc) is 2.93. The van der Waals surface area contributed by atoms with Crippen molar-refractivity contribution in [1.82, 2.24) is 10.2 Å². The van der Waals surface area contributed by atoms with Gasteiger partial charge in [0.25, 0.3) is 0 Å². The van der Waals surface area contributed by atoms with Crippen molar-refractivity contribution in [2.45, 2.75) is 38.0 Å². The van der Waals surface area contributed by atoms with Gasteiger partial charge in [-0.25, -0.2) is 0 Å². The van der Waals surface area contributed by atoms with Crippen molar-refractivity contribution < 1.29 is 4.42 Å².